The van der Waals surface area contributed by atoms with Gasteiger partial charge in [0.05, 0.1) is 18.8 Å². The van der Waals surface area contributed by atoms with Crippen LogP contribution in [0.1, 0.15) is 35.7 Å². The summed E-state index contributed by atoms with van der Waals surface area (Å²) in [6.45, 7) is 2.34. The van der Waals surface area contributed by atoms with Crippen LogP contribution in [0.25, 0.3) is 0 Å². The highest BCUT2D eigenvalue weighted by atomic mass is 16.5. The molecule has 0 radical (unpaired) electrons. The van der Waals surface area contributed by atoms with Crippen LogP contribution in [-0.2, 0) is 20.7 Å². The van der Waals surface area contributed by atoms with Crippen LogP contribution in [0.2, 0.25) is 0 Å². The van der Waals surface area contributed by atoms with Gasteiger partial charge in [0, 0.05) is 18.9 Å². The van der Waals surface area contributed by atoms with Crippen molar-refractivity contribution in [2.75, 3.05) is 19.8 Å². The molecule has 2 aromatic carbocycles. The highest BCUT2D eigenvalue weighted by Gasteiger charge is 2.08. The van der Waals surface area contributed by atoms with Crippen LogP contribution in [-0.4, -0.2) is 43.0 Å². The number of ketones is 1. The zero-order chi connectivity index (χ0) is 21.1. The molecular formula is C22H24O7. The van der Waals surface area contributed by atoms with E-state index in [-0.39, 0.29) is 36.1 Å². The highest BCUT2D eigenvalue weighted by molar-refractivity contribution is 5.82. The molecule has 0 spiro atoms. The number of hydrogen-bond acceptors (Lipinski definition) is 7. The lowest BCUT2D eigenvalue weighted by atomic mass is 10.1. The van der Waals surface area contributed by atoms with E-state index in [4.69, 9.17) is 14.2 Å². The average molecular weight is 400 g/mol. The van der Waals surface area contributed by atoms with Crippen LogP contribution in [0.15, 0.2) is 42.5 Å². The topological polar surface area (TPSA) is 99.1 Å². The van der Waals surface area contributed by atoms with Crippen molar-refractivity contribution < 1.29 is 33.7 Å². The summed E-state index contributed by atoms with van der Waals surface area (Å²) in [4.78, 5) is 34.1. The van der Waals surface area contributed by atoms with Gasteiger partial charge in [-0.3, -0.25) is 14.4 Å². The number of rotatable bonds is 12. The van der Waals surface area contributed by atoms with E-state index < -0.39 is 0 Å². The number of aldehydes is 1. The van der Waals surface area contributed by atoms with E-state index in [1.54, 1.807) is 25.1 Å². The number of carbonyl (C=O) groups excluding carboxylic acids is 3. The van der Waals surface area contributed by atoms with Crippen molar-refractivity contribution in [1.29, 1.82) is 0 Å². The number of phenols is 1. The molecule has 0 saturated heterocycles. The van der Waals surface area contributed by atoms with Gasteiger partial charge in [0.25, 0.3) is 0 Å². The summed E-state index contributed by atoms with van der Waals surface area (Å²) in [7, 11) is 0. The molecule has 0 bridgehead atoms. The number of carbonyl (C=O) groups is 3. The van der Waals surface area contributed by atoms with Gasteiger partial charge in [0.15, 0.2) is 12.1 Å². The summed E-state index contributed by atoms with van der Waals surface area (Å²) >= 11 is 0. The van der Waals surface area contributed by atoms with Crippen LogP contribution in [0.5, 0.6) is 17.2 Å². The molecule has 0 aliphatic carbocycles. The van der Waals surface area contributed by atoms with Crippen LogP contribution < -0.4 is 9.47 Å². The molecule has 0 atom stereocenters. The number of ether oxygens (including phenoxy) is 3. The molecule has 0 aromatic heterocycles. The minimum atomic E-state index is -0.246. The van der Waals surface area contributed by atoms with Crippen molar-refractivity contribution in [1.82, 2.24) is 0 Å². The molecule has 0 aliphatic heterocycles. The summed E-state index contributed by atoms with van der Waals surface area (Å²) in [6.07, 6.45) is 1.55. The first-order valence-electron chi connectivity index (χ1n) is 9.32. The maximum Gasteiger partial charge on any atom is 0.305 e. The summed E-state index contributed by atoms with van der Waals surface area (Å²) in [5, 5.41) is 9.63. The van der Waals surface area contributed by atoms with E-state index in [1.807, 2.05) is 6.07 Å². The fourth-order valence-electron chi connectivity index (χ4n) is 2.54. The summed E-state index contributed by atoms with van der Waals surface area (Å²) in [5.41, 5.74) is 0.934. The van der Waals surface area contributed by atoms with Crippen molar-refractivity contribution in [2.24, 2.45) is 0 Å². The van der Waals surface area contributed by atoms with Crippen LogP contribution in [0.3, 0.4) is 0 Å². The Hall–Kier alpha value is -3.35. The van der Waals surface area contributed by atoms with Gasteiger partial charge in [-0.15, -0.1) is 0 Å². The largest absolute Gasteiger partial charge is 0.507 e. The van der Waals surface area contributed by atoms with E-state index in [0.717, 1.165) is 5.56 Å². The molecule has 0 heterocycles. The highest BCUT2D eigenvalue weighted by Crippen LogP contribution is 2.22. The Kier molecular flexibility index (Phi) is 8.69. The second-order valence-corrected chi connectivity index (χ2v) is 6.25. The van der Waals surface area contributed by atoms with Gasteiger partial charge >= 0.3 is 5.97 Å². The molecule has 2 rings (SSSR count). The second-order valence-electron chi connectivity index (χ2n) is 6.25. The summed E-state index contributed by atoms with van der Waals surface area (Å²) in [6, 6.07) is 11.4. The molecule has 1 N–H and O–H groups in total. The molecule has 0 unspecified atom stereocenters. The van der Waals surface area contributed by atoms with Crippen molar-refractivity contribution >= 4 is 18.0 Å². The van der Waals surface area contributed by atoms with E-state index in [2.05, 4.69) is 0 Å². The SMILES string of the molecule is CCOC(=O)CCCOc1cccc(CC(=O)COc2ccc(C=O)c(O)c2)c1. The normalized spacial score (nSPS) is 10.2. The van der Waals surface area contributed by atoms with E-state index in [1.165, 1.54) is 18.2 Å². The number of phenolic OH excluding ortho intramolecular Hbond substituents is 1. The maximum absolute atomic E-state index is 12.2. The maximum atomic E-state index is 12.2. The van der Waals surface area contributed by atoms with Crippen molar-refractivity contribution in [3.63, 3.8) is 0 Å². The first kappa shape index (κ1) is 21.9. The Morgan fingerprint density at radius 3 is 2.59 bits per heavy atom. The number of esters is 1. The van der Waals surface area contributed by atoms with Crippen LogP contribution in [0, 0.1) is 0 Å². The predicted molar refractivity (Wildman–Crippen MR) is 106 cm³/mol. The lowest BCUT2D eigenvalue weighted by Crippen LogP contribution is -2.14. The molecule has 7 heteroatoms. The van der Waals surface area contributed by atoms with Gasteiger partial charge in [-0.1, -0.05) is 12.1 Å². The van der Waals surface area contributed by atoms with Gasteiger partial charge in [-0.05, 0) is 43.2 Å². The Bertz CT molecular complexity index is 845. The fourth-order valence-corrected chi connectivity index (χ4v) is 2.54. The summed E-state index contributed by atoms with van der Waals surface area (Å²) < 4.78 is 15.8. The van der Waals surface area contributed by atoms with E-state index >= 15 is 0 Å². The minimum Gasteiger partial charge on any atom is -0.507 e. The molecule has 0 fully saturated rings. The fraction of sp³-hybridized carbons (Fsp3) is 0.318. The van der Waals surface area contributed by atoms with Gasteiger partial charge < -0.3 is 19.3 Å². The third kappa shape index (κ3) is 7.65. The molecule has 2 aromatic rings. The molecule has 7 nitrogen and oxygen atoms in total. The first-order valence-corrected chi connectivity index (χ1v) is 9.32. The monoisotopic (exact) mass is 400 g/mol. The molecule has 0 saturated carbocycles. The zero-order valence-corrected chi connectivity index (χ0v) is 16.3. The van der Waals surface area contributed by atoms with Crippen LogP contribution >= 0.6 is 0 Å². The van der Waals surface area contributed by atoms with Gasteiger partial charge in [-0.2, -0.15) is 0 Å². The number of hydrogen-bond donors (Lipinski definition) is 1. The quantitative estimate of drug-likeness (QED) is 0.332. The molecule has 154 valence electrons. The Morgan fingerprint density at radius 2 is 1.86 bits per heavy atom. The standard InChI is InChI=1S/C22H24O7/c1-2-27-22(26)7-4-10-28-19-6-3-5-16(12-19)11-18(24)15-29-20-9-8-17(14-23)21(25)13-20/h3,5-6,8-9,12-14,25H,2,4,7,10-11,15H2,1H3. The molecule has 29 heavy (non-hydrogen) atoms. The zero-order valence-electron chi connectivity index (χ0n) is 16.3. The lowest BCUT2D eigenvalue weighted by molar-refractivity contribution is -0.143. The van der Waals surface area contributed by atoms with Gasteiger partial charge in [-0.25, -0.2) is 0 Å². The number of aromatic hydroxyl groups is 1. The van der Waals surface area contributed by atoms with Gasteiger partial charge in [0.2, 0.25) is 0 Å². The predicted octanol–water partition coefficient (Wildman–Crippen LogP) is 3.12. The average Bonchev–Trinajstić information content (AvgIpc) is 2.70. The van der Waals surface area contributed by atoms with E-state index in [0.29, 0.717) is 43.8 Å². The second kappa shape index (κ2) is 11.5. The molecule has 0 amide bonds. The third-order valence-electron chi connectivity index (χ3n) is 3.93. The van der Waals surface area contributed by atoms with Gasteiger partial charge in [0.1, 0.15) is 23.9 Å². The van der Waals surface area contributed by atoms with Crippen molar-refractivity contribution in [2.45, 2.75) is 26.2 Å². The third-order valence-corrected chi connectivity index (χ3v) is 3.93. The van der Waals surface area contributed by atoms with Crippen molar-refractivity contribution in [3.8, 4) is 17.2 Å². The number of benzene rings is 2. The summed E-state index contributed by atoms with van der Waals surface area (Å²) in [5.74, 6) is 0.334. The Balaban J connectivity index is 1.78. The van der Waals surface area contributed by atoms with Crippen molar-refractivity contribution in [3.05, 3.63) is 53.6 Å². The van der Waals surface area contributed by atoms with Crippen LogP contribution in [0.4, 0.5) is 0 Å². The minimum absolute atomic E-state index is 0.150. The molecule has 0 aliphatic rings. The molecular weight excluding hydrogens is 376 g/mol. The first-order chi connectivity index (χ1) is 14.0. The Morgan fingerprint density at radius 1 is 1.07 bits per heavy atom. The smallest absolute Gasteiger partial charge is 0.305 e. The number of Topliss-reactive ketones (excluding diaryl/α,β-unsaturated/α-hetero) is 1. The lowest BCUT2D eigenvalue weighted by Gasteiger charge is -2.09. The Labute approximate surface area is 169 Å². The van der Waals surface area contributed by atoms with E-state index in [9.17, 15) is 19.5 Å².